The van der Waals surface area contributed by atoms with Crippen LogP contribution >= 0.6 is 11.6 Å². The van der Waals surface area contributed by atoms with E-state index in [0.717, 1.165) is 108 Å². The Morgan fingerprint density at radius 3 is 2.53 bits per heavy atom. The van der Waals surface area contributed by atoms with Crippen LogP contribution in [-0.4, -0.2) is 115 Å². The second-order valence-electron chi connectivity index (χ2n) is 16.1. The van der Waals surface area contributed by atoms with Gasteiger partial charge in [0.05, 0.1) is 17.5 Å². The Morgan fingerprint density at radius 2 is 1.81 bits per heavy atom. The number of amides is 1. The molecule has 12 heteroatoms. The number of sulfonamides is 1. The third kappa shape index (κ3) is 9.35. The number of allylic oxidation sites excluding steroid dienone is 4. The van der Waals surface area contributed by atoms with Gasteiger partial charge in [-0.3, -0.25) is 14.6 Å². The van der Waals surface area contributed by atoms with E-state index in [0.29, 0.717) is 30.3 Å². The van der Waals surface area contributed by atoms with Crippen LogP contribution in [0.4, 0.5) is 5.69 Å². The zero-order chi connectivity index (χ0) is 37.8. The molecule has 2 bridgehead atoms. The van der Waals surface area contributed by atoms with Gasteiger partial charge in [-0.1, -0.05) is 37.6 Å². The molecular weight excluding hydrogens is 712 g/mol. The van der Waals surface area contributed by atoms with Crippen LogP contribution in [0, 0.1) is 23.7 Å². The summed E-state index contributed by atoms with van der Waals surface area (Å²) in [5, 5.41) is 0.117. The molecule has 1 N–H and O–H groups in total. The predicted octanol–water partition coefficient (Wildman–Crippen LogP) is 6.23. The number of hydrogen-bond acceptors (Lipinski definition) is 9. The maximum atomic E-state index is 13.6. The molecule has 10 nitrogen and oxygen atoms in total. The van der Waals surface area contributed by atoms with Crippen molar-refractivity contribution in [2.45, 2.75) is 76.6 Å². The zero-order valence-corrected chi connectivity index (χ0v) is 34.0. The molecule has 5 aliphatic rings. The quantitative estimate of drug-likeness (QED) is 0.338. The van der Waals surface area contributed by atoms with Gasteiger partial charge in [-0.05, 0) is 111 Å². The van der Waals surface area contributed by atoms with Crippen LogP contribution in [0.3, 0.4) is 0 Å². The van der Waals surface area contributed by atoms with Gasteiger partial charge in [0.2, 0.25) is 10.0 Å². The number of carbonyl (C=O) groups is 1. The van der Waals surface area contributed by atoms with Crippen LogP contribution in [0.1, 0.15) is 76.1 Å². The van der Waals surface area contributed by atoms with E-state index in [2.05, 4.69) is 44.6 Å². The van der Waals surface area contributed by atoms with Gasteiger partial charge < -0.3 is 19.1 Å². The Hall–Kier alpha value is -2.41. The molecule has 1 saturated carbocycles. The highest BCUT2D eigenvalue weighted by Crippen LogP contribution is 2.47. The van der Waals surface area contributed by atoms with Crippen LogP contribution < -0.4 is 14.4 Å². The van der Waals surface area contributed by atoms with Gasteiger partial charge in [-0.2, -0.15) is 0 Å². The number of rotatable bonds is 6. The van der Waals surface area contributed by atoms with E-state index in [1.165, 1.54) is 11.1 Å². The molecular formula is C41H61ClN4O6S. The molecule has 0 spiro atoms. The fourth-order valence-corrected chi connectivity index (χ4v) is 10.6. The van der Waals surface area contributed by atoms with E-state index in [1.54, 1.807) is 20.1 Å². The smallest absolute Gasteiger partial charge is 0.264 e. The molecule has 2 aliphatic carbocycles. The molecule has 53 heavy (non-hydrogen) atoms. The Labute approximate surface area is 323 Å². The summed E-state index contributed by atoms with van der Waals surface area (Å²) in [6.07, 6.45) is 12.9. The molecule has 6 rings (SSSR count). The van der Waals surface area contributed by atoms with Gasteiger partial charge in [0.15, 0.2) is 0 Å². The molecule has 3 heterocycles. The molecule has 1 saturated heterocycles. The standard InChI is InChI=1S/C41H61ClN4O6S/c1-29-9-8-15-41(51-5,28-45-19-17-44(18-20-45)21-22-50-4)37-13-11-34(37)26-46-16-7-6-10-32-24-35(42)23-30(2)36(32)27-52-39-14-12-33(25-38(39)46)40(47)43-53(48,49)31(29)3/h8,12,14-15,24-25,29-31,34,37H,6-7,9-11,13,16-23,26-28H2,1-5H3,(H,43,47)/b15-8+/t29-,30?,31+,34-,37+,41+/m0/s1. The molecule has 1 aromatic carbocycles. The summed E-state index contributed by atoms with van der Waals surface area (Å²) in [6.45, 7) is 14.2. The molecule has 3 aliphatic heterocycles. The summed E-state index contributed by atoms with van der Waals surface area (Å²) in [7, 11) is -0.355. The third-order valence-electron chi connectivity index (χ3n) is 12.8. The molecule has 1 unspecified atom stereocenters. The molecule has 1 aromatic rings. The van der Waals surface area contributed by atoms with Crippen molar-refractivity contribution in [2.24, 2.45) is 23.7 Å². The summed E-state index contributed by atoms with van der Waals surface area (Å²) in [4.78, 5) is 21.0. The summed E-state index contributed by atoms with van der Waals surface area (Å²) >= 11 is 6.58. The Kier molecular flexibility index (Phi) is 13.4. The first kappa shape index (κ1) is 40.3. The van der Waals surface area contributed by atoms with Gasteiger partial charge in [0.1, 0.15) is 18.0 Å². The minimum atomic E-state index is -3.95. The van der Waals surface area contributed by atoms with E-state index in [4.69, 9.17) is 25.8 Å². The normalized spacial score (nSPS) is 32.6. The average molecular weight is 773 g/mol. The first-order chi connectivity index (χ1) is 25.4. The number of nitrogens with zero attached hydrogens (tertiary/aromatic N) is 3. The number of methoxy groups -OCH3 is 2. The zero-order valence-electron chi connectivity index (χ0n) is 32.4. The molecule has 294 valence electrons. The van der Waals surface area contributed by atoms with E-state index in [-0.39, 0.29) is 17.8 Å². The van der Waals surface area contributed by atoms with E-state index in [9.17, 15) is 13.2 Å². The number of carbonyl (C=O) groups excluding carboxylic acids is 1. The summed E-state index contributed by atoms with van der Waals surface area (Å²) in [5.41, 5.74) is 3.17. The van der Waals surface area contributed by atoms with Crippen LogP contribution in [0.5, 0.6) is 5.75 Å². The third-order valence-corrected chi connectivity index (χ3v) is 14.9. The number of benzene rings is 1. The molecule has 1 amide bonds. The maximum absolute atomic E-state index is 13.6. The lowest BCUT2D eigenvalue weighted by atomic mass is 9.63. The number of piperazine rings is 1. The minimum absolute atomic E-state index is 0.220. The van der Waals surface area contributed by atoms with Crippen molar-refractivity contribution >= 4 is 33.2 Å². The fourth-order valence-electron chi connectivity index (χ4n) is 8.95. The van der Waals surface area contributed by atoms with Gasteiger partial charge in [0.25, 0.3) is 5.91 Å². The maximum Gasteiger partial charge on any atom is 0.264 e. The van der Waals surface area contributed by atoms with Crippen LogP contribution in [0.15, 0.2) is 52.6 Å². The van der Waals surface area contributed by atoms with Crippen molar-refractivity contribution in [2.75, 3.05) is 84.7 Å². The second kappa shape index (κ2) is 17.6. The Morgan fingerprint density at radius 1 is 1.04 bits per heavy atom. The number of hydrogen-bond donors (Lipinski definition) is 1. The van der Waals surface area contributed by atoms with Crippen molar-refractivity contribution < 1.29 is 27.4 Å². The highest BCUT2D eigenvalue weighted by Gasteiger charge is 2.48. The summed E-state index contributed by atoms with van der Waals surface area (Å²) < 4.78 is 48.3. The molecule has 0 radical (unpaired) electrons. The first-order valence-corrected chi connectivity index (χ1v) is 21.7. The van der Waals surface area contributed by atoms with Crippen molar-refractivity contribution in [1.82, 2.24) is 14.5 Å². The minimum Gasteiger partial charge on any atom is -0.487 e. The number of ether oxygens (including phenoxy) is 3. The van der Waals surface area contributed by atoms with Crippen LogP contribution in [0.25, 0.3) is 0 Å². The average Bonchev–Trinajstić information content (AvgIpc) is 3.15. The largest absolute Gasteiger partial charge is 0.487 e. The SMILES string of the molecule is COCCN1CCN(C[C@]2(OC)/C=C/C[C@H](C)[C@@H](C)S(=O)(=O)NC(=O)c3ccc4c(c3)N(CCCCC3=C(CO4)C(C)CC(Cl)=C3)C[C@@H]3CC[C@H]32)CC1. The van der Waals surface area contributed by atoms with Gasteiger partial charge >= 0.3 is 0 Å². The lowest BCUT2D eigenvalue weighted by Crippen LogP contribution is -2.58. The van der Waals surface area contributed by atoms with Crippen molar-refractivity contribution in [1.29, 1.82) is 0 Å². The summed E-state index contributed by atoms with van der Waals surface area (Å²) in [5.74, 6) is 0.778. The predicted molar refractivity (Wildman–Crippen MR) is 212 cm³/mol. The summed E-state index contributed by atoms with van der Waals surface area (Å²) in [6, 6.07) is 5.38. The van der Waals surface area contributed by atoms with Crippen molar-refractivity contribution in [3.8, 4) is 5.75 Å². The number of halogens is 1. The van der Waals surface area contributed by atoms with Gasteiger partial charge in [-0.25, -0.2) is 13.1 Å². The first-order valence-electron chi connectivity index (χ1n) is 19.7. The van der Waals surface area contributed by atoms with Crippen LogP contribution in [0.2, 0.25) is 0 Å². The highest BCUT2D eigenvalue weighted by atomic mass is 35.5. The van der Waals surface area contributed by atoms with Gasteiger partial charge in [0, 0.05) is 77.2 Å². The molecule has 0 aromatic heterocycles. The number of fused-ring (bicyclic) bond motifs is 2. The topological polar surface area (TPSA) is 101 Å². The van der Waals surface area contributed by atoms with Crippen LogP contribution in [-0.2, 0) is 19.5 Å². The van der Waals surface area contributed by atoms with Crippen molar-refractivity contribution in [3.05, 3.63) is 58.2 Å². The second-order valence-corrected chi connectivity index (χ2v) is 18.7. The molecule has 6 atom stereocenters. The lowest BCUT2D eigenvalue weighted by molar-refractivity contribution is -0.0956. The fraction of sp³-hybridized carbons (Fsp3) is 0.683. The van der Waals surface area contributed by atoms with E-state index in [1.807, 2.05) is 26.2 Å². The highest BCUT2D eigenvalue weighted by molar-refractivity contribution is 7.90. The van der Waals surface area contributed by atoms with Gasteiger partial charge in [-0.15, -0.1) is 0 Å². The number of nitrogens with one attached hydrogen (secondary N) is 1. The van der Waals surface area contributed by atoms with E-state index >= 15 is 0 Å². The van der Waals surface area contributed by atoms with Crippen molar-refractivity contribution in [3.63, 3.8) is 0 Å². The Bertz CT molecular complexity index is 1660. The lowest BCUT2D eigenvalue weighted by Gasteiger charge is -2.52. The molecule has 2 fully saturated rings. The monoisotopic (exact) mass is 772 g/mol. The number of anilines is 1. The van der Waals surface area contributed by atoms with E-state index < -0.39 is 26.8 Å². The Balaban J connectivity index is 1.35.